The number of benzene rings is 1. The van der Waals surface area contributed by atoms with Crippen LogP contribution in [0.2, 0.25) is 0 Å². The van der Waals surface area contributed by atoms with Crippen molar-refractivity contribution in [3.63, 3.8) is 0 Å². The number of methoxy groups -OCH3 is 1. The number of amides is 2. The van der Waals surface area contributed by atoms with Crippen molar-refractivity contribution in [2.75, 3.05) is 38.7 Å². The van der Waals surface area contributed by atoms with Crippen LogP contribution in [0.25, 0.3) is 0 Å². The number of aliphatic hydroxyl groups is 1. The van der Waals surface area contributed by atoms with Crippen molar-refractivity contribution in [2.24, 2.45) is 0 Å². The fourth-order valence-corrected chi connectivity index (χ4v) is 1.60. The Morgan fingerprint density at radius 3 is 2.45 bits per heavy atom. The van der Waals surface area contributed by atoms with Crippen molar-refractivity contribution in [2.45, 2.75) is 6.92 Å². The molecule has 0 aliphatic heterocycles. The summed E-state index contributed by atoms with van der Waals surface area (Å²) in [5, 5.41) is 11.5. The number of ether oxygens (including phenoxy) is 1. The maximum atomic E-state index is 12.0. The number of carbonyl (C=O) groups excluding carboxylic acids is 2. The van der Waals surface area contributed by atoms with Gasteiger partial charge in [-0.1, -0.05) is 17.7 Å². The highest BCUT2D eigenvalue weighted by Crippen LogP contribution is 2.08. The molecule has 6 heteroatoms. The molecule has 0 bridgehead atoms. The van der Waals surface area contributed by atoms with Gasteiger partial charge in [-0.25, -0.2) is 0 Å². The molecule has 6 nitrogen and oxygen atoms in total. The second-order valence-electron chi connectivity index (χ2n) is 4.33. The molecule has 20 heavy (non-hydrogen) atoms. The summed E-state index contributed by atoms with van der Waals surface area (Å²) in [5.41, 5.74) is 1.63. The third kappa shape index (κ3) is 4.99. The van der Waals surface area contributed by atoms with Crippen LogP contribution in [0.3, 0.4) is 0 Å². The summed E-state index contributed by atoms with van der Waals surface area (Å²) in [7, 11) is 1.51. The average Bonchev–Trinajstić information content (AvgIpc) is 2.45. The van der Waals surface area contributed by atoms with E-state index >= 15 is 0 Å². The Bertz CT molecular complexity index is 445. The van der Waals surface area contributed by atoms with E-state index in [0.717, 1.165) is 5.56 Å². The fourth-order valence-electron chi connectivity index (χ4n) is 1.60. The molecule has 0 saturated heterocycles. The molecule has 110 valence electrons. The molecule has 0 aromatic heterocycles. The first-order valence-electron chi connectivity index (χ1n) is 6.35. The lowest BCUT2D eigenvalue weighted by molar-refractivity contribution is -0.143. The predicted molar refractivity (Wildman–Crippen MR) is 75.4 cm³/mol. The van der Waals surface area contributed by atoms with E-state index < -0.39 is 11.8 Å². The minimum Gasteiger partial charge on any atom is -0.395 e. The van der Waals surface area contributed by atoms with Gasteiger partial charge in [-0.3, -0.25) is 9.59 Å². The Morgan fingerprint density at radius 2 is 1.90 bits per heavy atom. The summed E-state index contributed by atoms with van der Waals surface area (Å²) in [6.07, 6.45) is 0. The molecular weight excluding hydrogens is 260 g/mol. The summed E-state index contributed by atoms with van der Waals surface area (Å²) in [4.78, 5) is 25.1. The van der Waals surface area contributed by atoms with Crippen LogP contribution in [-0.4, -0.2) is 55.2 Å². The van der Waals surface area contributed by atoms with Crippen molar-refractivity contribution in [3.8, 4) is 0 Å². The van der Waals surface area contributed by atoms with Crippen LogP contribution >= 0.6 is 0 Å². The van der Waals surface area contributed by atoms with Gasteiger partial charge in [0.05, 0.1) is 13.2 Å². The van der Waals surface area contributed by atoms with E-state index in [1.165, 1.54) is 12.0 Å². The molecule has 0 aliphatic carbocycles. The Hall–Kier alpha value is -1.92. The molecule has 0 spiro atoms. The average molecular weight is 280 g/mol. The lowest BCUT2D eigenvalue weighted by Gasteiger charge is -2.20. The maximum Gasteiger partial charge on any atom is 0.313 e. The van der Waals surface area contributed by atoms with Crippen molar-refractivity contribution >= 4 is 17.5 Å². The first-order valence-corrected chi connectivity index (χ1v) is 6.35. The lowest BCUT2D eigenvalue weighted by atomic mass is 10.2. The lowest BCUT2D eigenvalue weighted by Crippen LogP contribution is -2.42. The van der Waals surface area contributed by atoms with Crippen LogP contribution in [0, 0.1) is 6.92 Å². The van der Waals surface area contributed by atoms with Crippen LogP contribution in [0.4, 0.5) is 5.69 Å². The van der Waals surface area contributed by atoms with E-state index in [-0.39, 0.29) is 19.7 Å². The summed E-state index contributed by atoms with van der Waals surface area (Å²) in [6, 6.07) is 7.14. The highest BCUT2D eigenvalue weighted by molar-refractivity contribution is 6.39. The fraction of sp³-hybridized carbons (Fsp3) is 0.429. The molecule has 1 aromatic carbocycles. The second kappa shape index (κ2) is 8.29. The maximum absolute atomic E-state index is 12.0. The van der Waals surface area contributed by atoms with Gasteiger partial charge in [0.25, 0.3) is 0 Å². The largest absolute Gasteiger partial charge is 0.395 e. The molecule has 1 rings (SSSR count). The molecule has 2 amide bonds. The molecule has 0 aliphatic rings. The third-order valence-electron chi connectivity index (χ3n) is 2.73. The normalized spacial score (nSPS) is 10.2. The number of carbonyl (C=O) groups is 2. The Morgan fingerprint density at radius 1 is 1.25 bits per heavy atom. The van der Waals surface area contributed by atoms with Crippen molar-refractivity contribution in [3.05, 3.63) is 29.8 Å². The number of nitrogens with one attached hydrogen (secondary N) is 1. The van der Waals surface area contributed by atoms with Gasteiger partial charge in [-0.05, 0) is 19.1 Å². The molecular formula is C14H20N2O4. The zero-order chi connectivity index (χ0) is 15.0. The summed E-state index contributed by atoms with van der Waals surface area (Å²) in [5.74, 6) is -1.41. The topological polar surface area (TPSA) is 78.9 Å². The van der Waals surface area contributed by atoms with Crippen molar-refractivity contribution in [1.29, 1.82) is 0 Å². The Kier molecular flexibility index (Phi) is 6.69. The quantitative estimate of drug-likeness (QED) is 0.739. The van der Waals surface area contributed by atoms with Gasteiger partial charge in [-0.2, -0.15) is 0 Å². The smallest absolute Gasteiger partial charge is 0.313 e. The molecule has 2 N–H and O–H groups in total. The molecule has 0 atom stereocenters. The van der Waals surface area contributed by atoms with E-state index in [1.54, 1.807) is 12.1 Å². The third-order valence-corrected chi connectivity index (χ3v) is 2.73. The summed E-state index contributed by atoms with van der Waals surface area (Å²) >= 11 is 0. The highest BCUT2D eigenvalue weighted by atomic mass is 16.5. The highest BCUT2D eigenvalue weighted by Gasteiger charge is 2.21. The van der Waals surface area contributed by atoms with E-state index in [2.05, 4.69) is 5.32 Å². The van der Waals surface area contributed by atoms with Gasteiger partial charge in [0.1, 0.15) is 0 Å². The zero-order valence-electron chi connectivity index (χ0n) is 11.8. The van der Waals surface area contributed by atoms with Gasteiger partial charge in [0, 0.05) is 25.9 Å². The standard InChI is InChI=1S/C14H20N2O4/c1-11-3-5-12(6-4-11)15-13(18)14(19)16(7-9-17)8-10-20-2/h3-6,17H,7-10H2,1-2H3,(H,15,18). The molecule has 0 fully saturated rings. The van der Waals surface area contributed by atoms with Gasteiger partial charge < -0.3 is 20.1 Å². The van der Waals surface area contributed by atoms with Gasteiger partial charge >= 0.3 is 11.8 Å². The molecule has 0 unspecified atom stereocenters. The number of anilines is 1. The van der Waals surface area contributed by atoms with Gasteiger partial charge in [0.15, 0.2) is 0 Å². The number of rotatable bonds is 6. The van der Waals surface area contributed by atoms with Crippen LogP contribution in [-0.2, 0) is 14.3 Å². The minimum absolute atomic E-state index is 0.101. The number of hydrogen-bond donors (Lipinski definition) is 2. The van der Waals surface area contributed by atoms with Crippen molar-refractivity contribution in [1.82, 2.24) is 4.90 Å². The van der Waals surface area contributed by atoms with E-state index in [0.29, 0.717) is 12.3 Å². The molecule has 0 saturated carbocycles. The van der Waals surface area contributed by atoms with Crippen LogP contribution in [0.15, 0.2) is 24.3 Å². The van der Waals surface area contributed by atoms with Crippen molar-refractivity contribution < 1.29 is 19.4 Å². The second-order valence-corrected chi connectivity index (χ2v) is 4.33. The number of nitrogens with zero attached hydrogens (tertiary/aromatic N) is 1. The van der Waals surface area contributed by atoms with Gasteiger partial charge in [0.2, 0.25) is 0 Å². The van der Waals surface area contributed by atoms with E-state index in [9.17, 15) is 9.59 Å². The van der Waals surface area contributed by atoms with E-state index in [4.69, 9.17) is 9.84 Å². The van der Waals surface area contributed by atoms with Crippen LogP contribution < -0.4 is 5.32 Å². The first kappa shape index (κ1) is 16.1. The zero-order valence-corrected chi connectivity index (χ0v) is 11.8. The number of hydrogen-bond acceptors (Lipinski definition) is 4. The minimum atomic E-state index is -0.724. The summed E-state index contributed by atoms with van der Waals surface area (Å²) < 4.78 is 4.87. The predicted octanol–water partition coefficient (Wildman–Crippen LogP) is 0.401. The summed E-state index contributed by atoms with van der Waals surface area (Å²) in [6.45, 7) is 2.40. The van der Waals surface area contributed by atoms with Gasteiger partial charge in [-0.15, -0.1) is 0 Å². The molecule has 1 aromatic rings. The number of aliphatic hydroxyl groups excluding tert-OH is 1. The first-order chi connectivity index (χ1) is 9.58. The monoisotopic (exact) mass is 280 g/mol. The molecule has 0 radical (unpaired) electrons. The molecule has 0 heterocycles. The van der Waals surface area contributed by atoms with Crippen LogP contribution in [0.5, 0.6) is 0 Å². The SMILES string of the molecule is COCCN(CCO)C(=O)C(=O)Nc1ccc(C)cc1. The van der Waals surface area contributed by atoms with Crippen LogP contribution in [0.1, 0.15) is 5.56 Å². The van der Waals surface area contributed by atoms with E-state index in [1.807, 2.05) is 19.1 Å². The Balaban J connectivity index is 2.63. The number of aryl methyl sites for hydroxylation is 1. The Labute approximate surface area is 118 Å².